The van der Waals surface area contributed by atoms with Gasteiger partial charge in [-0.15, -0.1) is 6.58 Å². The highest BCUT2D eigenvalue weighted by atomic mass is 35.5. The maximum absolute atomic E-state index is 13.6. The number of nitrogens with zero attached hydrogens (tertiary/aromatic N) is 2. The number of hydrogen-bond donors (Lipinski definition) is 2. The van der Waals surface area contributed by atoms with Crippen LogP contribution in [0.3, 0.4) is 0 Å². The number of anilines is 1. The van der Waals surface area contributed by atoms with E-state index in [4.69, 9.17) is 16.3 Å². The van der Waals surface area contributed by atoms with E-state index >= 15 is 0 Å². The molecule has 0 aliphatic heterocycles. The number of benzene rings is 2. The van der Waals surface area contributed by atoms with Crippen molar-refractivity contribution in [2.75, 3.05) is 19.0 Å². The summed E-state index contributed by atoms with van der Waals surface area (Å²) < 4.78 is 18.9. The van der Waals surface area contributed by atoms with Crippen LogP contribution < -0.4 is 10.6 Å². The molecule has 7 nitrogen and oxygen atoms in total. The molecule has 3 rings (SSSR count). The lowest BCUT2D eigenvalue weighted by Gasteiger charge is -2.27. The predicted molar refractivity (Wildman–Crippen MR) is 127 cm³/mol. The number of urea groups is 1. The average Bonchev–Trinajstić information content (AvgIpc) is 2.82. The fourth-order valence-electron chi connectivity index (χ4n) is 3.14. The van der Waals surface area contributed by atoms with Crippen LogP contribution in [0.2, 0.25) is 5.02 Å². The number of amides is 3. The van der Waals surface area contributed by atoms with E-state index in [0.29, 0.717) is 17.8 Å². The number of rotatable bonds is 8. The van der Waals surface area contributed by atoms with Crippen molar-refractivity contribution in [3.05, 3.63) is 83.8 Å². The minimum absolute atomic E-state index is 0.0367. The Morgan fingerprint density at radius 3 is 2.76 bits per heavy atom. The van der Waals surface area contributed by atoms with E-state index in [0.717, 1.165) is 10.8 Å². The number of ether oxygens (including phenoxy) is 1. The van der Waals surface area contributed by atoms with Gasteiger partial charge in [0.1, 0.15) is 18.2 Å². The Balaban J connectivity index is 1.54. The summed E-state index contributed by atoms with van der Waals surface area (Å²) in [5, 5.41) is 7.13. The van der Waals surface area contributed by atoms with Crippen LogP contribution in [0.5, 0.6) is 0 Å². The molecule has 3 amide bonds. The van der Waals surface area contributed by atoms with Crippen molar-refractivity contribution in [3.8, 4) is 0 Å². The van der Waals surface area contributed by atoms with Crippen molar-refractivity contribution >= 4 is 40.3 Å². The van der Waals surface area contributed by atoms with E-state index in [1.807, 2.05) is 24.3 Å². The second-order valence-electron chi connectivity index (χ2n) is 7.30. The molecule has 0 aliphatic carbocycles. The molecule has 172 valence electrons. The number of carbonyl (C=O) groups excluding carboxylic acids is 2. The Morgan fingerprint density at radius 2 is 2.00 bits per heavy atom. The highest BCUT2D eigenvalue weighted by molar-refractivity contribution is 6.31. The first-order valence-electron chi connectivity index (χ1n) is 10.2. The van der Waals surface area contributed by atoms with Gasteiger partial charge in [0.15, 0.2) is 0 Å². The molecule has 33 heavy (non-hydrogen) atoms. The van der Waals surface area contributed by atoms with Crippen LogP contribution in [-0.4, -0.2) is 41.7 Å². The Kier molecular flexibility index (Phi) is 8.21. The molecule has 0 spiro atoms. The number of hydrogen-bond acceptors (Lipinski definition) is 4. The fraction of sp³-hybridized carbons (Fsp3) is 0.208. The molecule has 1 atom stereocenters. The molecule has 0 unspecified atom stereocenters. The lowest BCUT2D eigenvalue weighted by Crippen LogP contribution is -2.45. The minimum Gasteiger partial charge on any atom is -0.447 e. The van der Waals surface area contributed by atoms with Gasteiger partial charge in [0, 0.05) is 25.2 Å². The van der Waals surface area contributed by atoms with Gasteiger partial charge in [-0.05, 0) is 29.5 Å². The zero-order valence-electron chi connectivity index (χ0n) is 18.1. The topological polar surface area (TPSA) is 83.6 Å². The Labute approximate surface area is 196 Å². The third-order valence-electron chi connectivity index (χ3n) is 5.04. The van der Waals surface area contributed by atoms with E-state index in [9.17, 15) is 14.0 Å². The first-order valence-corrected chi connectivity index (χ1v) is 10.6. The number of aromatic nitrogens is 1. The summed E-state index contributed by atoms with van der Waals surface area (Å²) in [6.45, 7) is 3.69. The van der Waals surface area contributed by atoms with Crippen LogP contribution in [-0.2, 0) is 11.3 Å². The molecule has 9 heteroatoms. The van der Waals surface area contributed by atoms with Crippen LogP contribution in [0.15, 0.2) is 67.4 Å². The molecule has 2 N–H and O–H groups in total. The molecule has 1 aromatic heterocycles. The minimum atomic E-state index is -0.688. The van der Waals surface area contributed by atoms with Crippen molar-refractivity contribution in [1.29, 1.82) is 0 Å². The van der Waals surface area contributed by atoms with Gasteiger partial charge in [0.05, 0.1) is 11.1 Å². The normalized spacial score (nSPS) is 11.5. The molecule has 0 bridgehead atoms. The molecular weight excluding hydrogens is 447 g/mol. The molecule has 0 fully saturated rings. The maximum Gasteiger partial charge on any atom is 0.412 e. The largest absolute Gasteiger partial charge is 0.447 e. The van der Waals surface area contributed by atoms with Crippen molar-refractivity contribution in [3.63, 3.8) is 0 Å². The summed E-state index contributed by atoms with van der Waals surface area (Å²) in [5.74, 6) is -0.196. The van der Waals surface area contributed by atoms with Crippen LogP contribution >= 0.6 is 11.6 Å². The average molecular weight is 471 g/mol. The second-order valence-corrected chi connectivity index (χ2v) is 7.68. The van der Waals surface area contributed by atoms with Crippen molar-refractivity contribution in [2.45, 2.75) is 19.0 Å². The molecule has 2 aromatic carbocycles. The maximum atomic E-state index is 13.6. The Morgan fingerprint density at radius 1 is 1.24 bits per heavy atom. The van der Waals surface area contributed by atoms with Gasteiger partial charge in [0.2, 0.25) is 0 Å². The number of carbonyl (C=O) groups is 2. The van der Waals surface area contributed by atoms with Gasteiger partial charge in [-0.1, -0.05) is 54.1 Å². The van der Waals surface area contributed by atoms with Crippen LogP contribution in [0.4, 0.5) is 19.8 Å². The first kappa shape index (κ1) is 24.0. The zero-order valence-corrected chi connectivity index (χ0v) is 18.8. The number of halogens is 2. The van der Waals surface area contributed by atoms with E-state index < -0.39 is 24.0 Å². The predicted octanol–water partition coefficient (Wildman–Crippen LogP) is 5.36. The highest BCUT2D eigenvalue weighted by Crippen LogP contribution is 2.19. The summed E-state index contributed by atoms with van der Waals surface area (Å²) in [5.41, 5.74) is 0.456. The first-order chi connectivity index (χ1) is 15.9. The molecule has 3 aromatic rings. The lowest BCUT2D eigenvalue weighted by molar-refractivity contribution is 0.118. The fourth-order valence-corrected chi connectivity index (χ4v) is 3.33. The van der Waals surface area contributed by atoms with Gasteiger partial charge in [-0.25, -0.2) is 19.0 Å². The van der Waals surface area contributed by atoms with E-state index in [-0.39, 0.29) is 18.2 Å². The Bertz CT molecular complexity index is 1160. The van der Waals surface area contributed by atoms with Gasteiger partial charge in [0.25, 0.3) is 0 Å². The zero-order chi connectivity index (χ0) is 23.8. The third kappa shape index (κ3) is 6.43. The van der Waals surface area contributed by atoms with Gasteiger partial charge >= 0.3 is 12.1 Å². The van der Waals surface area contributed by atoms with E-state index in [1.165, 1.54) is 17.0 Å². The van der Waals surface area contributed by atoms with Crippen LogP contribution in [0.25, 0.3) is 10.8 Å². The van der Waals surface area contributed by atoms with Crippen LogP contribution in [0, 0.1) is 5.82 Å². The summed E-state index contributed by atoms with van der Waals surface area (Å²) >= 11 is 5.93. The number of fused-ring (bicyclic) bond motifs is 1. The standard InChI is InChI=1S/C24H24ClFN4O3/c1-3-7-19(30(2)23(31)28-14-18-10-6-11-20(26)22(18)25)15-33-24(32)29-21-12-16-8-4-5-9-17(16)13-27-21/h3-6,8-13,19H,1,7,14-15H2,2H3,(H,28,31)(H,27,29,32)/t19-/m1/s1. The van der Waals surface area contributed by atoms with Crippen LogP contribution in [0.1, 0.15) is 12.0 Å². The number of likely N-dealkylation sites (N-methyl/N-ethyl adjacent to an activating group) is 1. The molecule has 0 saturated carbocycles. The molecule has 0 saturated heterocycles. The molecule has 1 heterocycles. The molecule has 0 radical (unpaired) electrons. The third-order valence-corrected chi connectivity index (χ3v) is 5.46. The quantitative estimate of drug-likeness (QED) is 0.434. The summed E-state index contributed by atoms with van der Waals surface area (Å²) in [7, 11) is 1.57. The molecular formula is C24H24ClFN4O3. The number of nitrogens with one attached hydrogen (secondary N) is 2. The van der Waals surface area contributed by atoms with Crippen molar-refractivity contribution in [2.24, 2.45) is 0 Å². The Hall–Kier alpha value is -3.65. The van der Waals surface area contributed by atoms with Gasteiger partial charge in [-0.2, -0.15) is 0 Å². The second kappa shape index (κ2) is 11.3. The monoisotopic (exact) mass is 470 g/mol. The summed E-state index contributed by atoms with van der Waals surface area (Å²) in [6, 6.07) is 12.9. The lowest BCUT2D eigenvalue weighted by atomic mass is 10.2. The van der Waals surface area contributed by atoms with E-state index in [1.54, 1.807) is 31.5 Å². The number of pyridine rings is 1. The highest BCUT2D eigenvalue weighted by Gasteiger charge is 2.21. The van der Waals surface area contributed by atoms with E-state index in [2.05, 4.69) is 22.2 Å². The smallest absolute Gasteiger partial charge is 0.412 e. The van der Waals surface area contributed by atoms with Crippen molar-refractivity contribution < 1.29 is 18.7 Å². The van der Waals surface area contributed by atoms with Crippen molar-refractivity contribution in [1.82, 2.24) is 15.2 Å². The SMILES string of the molecule is C=CC[C@H](COC(=O)Nc1cc2ccccc2cn1)N(C)C(=O)NCc1cccc(F)c1Cl. The summed E-state index contributed by atoms with van der Waals surface area (Å²) in [6.07, 6.45) is 3.00. The van der Waals surface area contributed by atoms with Gasteiger partial charge in [-0.3, -0.25) is 5.32 Å². The molecule has 0 aliphatic rings. The van der Waals surface area contributed by atoms with Gasteiger partial charge < -0.3 is 15.0 Å². The summed E-state index contributed by atoms with van der Waals surface area (Å²) in [4.78, 5) is 30.4.